The minimum absolute atomic E-state index is 0.339. The molecule has 0 aromatic heterocycles. The molecule has 2 rings (SSSR count). The smallest absolute Gasteiger partial charge is 0.330 e. The van der Waals surface area contributed by atoms with Crippen LogP contribution in [-0.4, -0.2) is 23.8 Å². The van der Waals surface area contributed by atoms with Crippen LogP contribution in [0.25, 0.3) is 0 Å². The Balaban J connectivity index is 1.50. The van der Waals surface area contributed by atoms with Crippen LogP contribution in [0.1, 0.15) is 85.0 Å². The molecule has 0 spiro atoms. The van der Waals surface area contributed by atoms with E-state index in [0.717, 1.165) is 31.8 Å². The summed E-state index contributed by atoms with van der Waals surface area (Å²) in [6.07, 6.45) is 11.9. The lowest BCUT2D eigenvalue weighted by atomic mass is 9.70. The van der Waals surface area contributed by atoms with Gasteiger partial charge in [-0.15, -0.1) is 0 Å². The predicted molar refractivity (Wildman–Crippen MR) is 98.1 cm³/mol. The molecule has 0 amide bonds. The molecular weight excluding hydrogens is 300 g/mol. The Kier molecular flexibility index (Phi) is 6.52. The van der Waals surface area contributed by atoms with Crippen LogP contribution < -0.4 is 0 Å². The van der Waals surface area contributed by atoms with E-state index in [1.165, 1.54) is 38.5 Å². The average molecular weight is 337 g/mol. The van der Waals surface area contributed by atoms with Gasteiger partial charge in [-0.1, -0.05) is 53.0 Å². The number of carboxylic acids is 1. The Morgan fingerprint density at radius 2 is 1.75 bits per heavy atom. The Labute approximate surface area is 147 Å². The van der Waals surface area contributed by atoms with Crippen LogP contribution in [0.3, 0.4) is 0 Å². The molecule has 2 bridgehead atoms. The third-order valence-corrected chi connectivity index (χ3v) is 7.21. The number of carbonyl (C=O) groups is 1. The highest BCUT2D eigenvalue weighted by molar-refractivity contribution is 5.85. The highest BCUT2D eigenvalue weighted by Gasteiger charge is 2.61. The third kappa shape index (κ3) is 4.04. The second-order valence-electron chi connectivity index (χ2n) is 8.75. The molecule has 2 fully saturated rings. The van der Waals surface area contributed by atoms with Crippen molar-refractivity contribution in [1.82, 2.24) is 0 Å². The van der Waals surface area contributed by atoms with Crippen molar-refractivity contribution in [3.63, 3.8) is 0 Å². The molecule has 2 saturated carbocycles. The first-order valence-corrected chi connectivity index (χ1v) is 9.81. The number of fused-ring (bicyclic) bond motifs is 2. The minimum Gasteiger partial charge on any atom is -0.478 e. The van der Waals surface area contributed by atoms with E-state index in [2.05, 4.69) is 27.4 Å². The average Bonchev–Trinajstić information content (AvgIpc) is 2.86. The summed E-state index contributed by atoms with van der Waals surface area (Å²) in [6, 6.07) is 0. The maximum Gasteiger partial charge on any atom is 0.330 e. The maximum atomic E-state index is 10.6. The minimum atomic E-state index is -0.857. The van der Waals surface area contributed by atoms with Gasteiger partial charge in [-0.05, 0) is 55.3 Å². The monoisotopic (exact) mass is 336 g/mol. The van der Waals surface area contributed by atoms with Crippen LogP contribution in [0.15, 0.2) is 12.2 Å². The largest absolute Gasteiger partial charge is 0.478 e. The first-order chi connectivity index (χ1) is 11.3. The van der Waals surface area contributed by atoms with E-state index in [1.807, 2.05) is 0 Å². The van der Waals surface area contributed by atoms with Gasteiger partial charge < -0.3 is 9.84 Å². The van der Waals surface area contributed by atoms with Gasteiger partial charge in [0.2, 0.25) is 0 Å². The van der Waals surface area contributed by atoms with Crippen LogP contribution in [-0.2, 0) is 9.53 Å². The van der Waals surface area contributed by atoms with Crippen LogP contribution in [0.2, 0.25) is 0 Å². The zero-order valence-electron chi connectivity index (χ0n) is 15.9. The molecule has 2 aliphatic rings. The standard InChI is InChI=1S/C21H36O3/c1-16(19(22)23)11-9-7-5-6-8-10-14-24-18-15-17-12-13-21(18,4)20(17,2)3/h17-18H,1,5-15H2,2-4H3,(H,22,23). The number of hydrogen-bond acceptors (Lipinski definition) is 2. The van der Waals surface area contributed by atoms with E-state index in [0.29, 0.717) is 28.9 Å². The summed E-state index contributed by atoms with van der Waals surface area (Å²) in [5.74, 6) is -0.00214. The fourth-order valence-corrected chi connectivity index (χ4v) is 4.86. The highest BCUT2D eigenvalue weighted by Crippen LogP contribution is 2.66. The van der Waals surface area contributed by atoms with E-state index in [-0.39, 0.29) is 0 Å². The van der Waals surface area contributed by atoms with Gasteiger partial charge in [-0.25, -0.2) is 4.79 Å². The normalized spacial score (nSPS) is 30.6. The Morgan fingerprint density at radius 1 is 1.12 bits per heavy atom. The summed E-state index contributed by atoms with van der Waals surface area (Å²) in [7, 11) is 0. The van der Waals surface area contributed by atoms with Crippen molar-refractivity contribution >= 4 is 5.97 Å². The molecule has 138 valence electrons. The molecule has 0 saturated heterocycles. The number of aliphatic carboxylic acids is 1. The van der Waals surface area contributed by atoms with Crippen molar-refractivity contribution in [2.45, 2.75) is 91.1 Å². The van der Waals surface area contributed by atoms with Crippen molar-refractivity contribution < 1.29 is 14.6 Å². The lowest BCUT2D eigenvalue weighted by Crippen LogP contribution is -2.37. The van der Waals surface area contributed by atoms with Gasteiger partial charge >= 0.3 is 5.97 Å². The number of ether oxygens (including phenoxy) is 1. The molecule has 3 nitrogen and oxygen atoms in total. The molecule has 3 atom stereocenters. The van der Waals surface area contributed by atoms with E-state index in [4.69, 9.17) is 9.84 Å². The molecule has 0 heterocycles. The lowest BCUT2D eigenvalue weighted by molar-refractivity contribution is -0.132. The van der Waals surface area contributed by atoms with Gasteiger partial charge in [0.25, 0.3) is 0 Å². The summed E-state index contributed by atoms with van der Waals surface area (Å²) in [6.45, 7) is 11.8. The zero-order chi connectivity index (χ0) is 17.8. The maximum absolute atomic E-state index is 10.6. The quantitative estimate of drug-likeness (QED) is 0.395. The van der Waals surface area contributed by atoms with Gasteiger partial charge in [-0.3, -0.25) is 0 Å². The van der Waals surface area contributed by atoms with E-state index in [9.17, 15) is 4.79 Å². The molecule has 0 aromatic rings. The van der Waals surface area contributed by atoms with Crippen molar-refractivity contribution in [3.05, 3.63) is 12.2 Å². The van der Waals surface area contributed by atoms with Gasteiger partial charge in [0.1, 0.15) is 0 Å². The third-order valence-electron chi connectivity index (χ3n) is 7.21. The van der Waals surface area contributed by atoms with Gasteiger partial charge in [-0.2, -0.15) is 0 Å². The fraction of sp³-hybridized carbons (Fsp3) is 0.857. The predicted octanol–water partition coefficient (Wildman–Crippen LogP) is 5.59. The summed E-state index contributed by atoms with van der Waals surface area (Å²) >= 11 is 0. The first kappa shape index (κ1) is 19.5. The number of hydrogen-bond donors (Lipinski definition) is 1. The highest BCUT2D eigenvalue weighted by atomic mass is 16.5. The zero-order valence-corrected chi connectivity index (χ0v) is 15.9. The van der Waals surface area contributed by atoms with Crippen LogP contribution >= 0.6 is 0 Å². The Bertz CT molecular complexity index is 454. The second kappa shape index (κ2) is 8.03. The second-order valence-corrected chi connectivity index (χ2v) is 8.75. The molecule has 2 aliphatic carbocycles. The van der Waals surface area contributed by atoms with Crippen LogP contribution in [0, 0.1) is 16.7 Å². The van der Waals surface area contributed by atoms with Gasteiger partial charge in [0.15, 0.2) is 0 Å². The fourth-order valence-electron chi connectivity index (χ4n) is 4.86. The van der Waals surface area contributed by atoms with Crippen molar-refractivity contribution in [2.24, 2.45) is 16.7 Å². The van der Waals surface area contributed by atoms with E-state index >= 15 is 0 Å². The Hall–Kier alpha value is -0.830. The number of carboxylic acid groups (broad SMARTS) is 1. The summed E-state index contributed by atoms with van der Waals surface area (Å²) < 4.78 is 6.28. The van der Waals surface area contributed by atoms with Crippen LogP contribution in [0.4, 0.5) is 0 Å². The van der Waals surface area contributed by atoms with E-state index < -0.39 is 5.97 Å². The molecule has 0 aromatic carbocycles. The first-order valence-electron chi connectivity index (χ1n) is 9.81. The molecule has 0 radical (unpaired) electrons. The molecule has 1 N–H and O–H groups in total. The SMILES string of the molecule is C=C(CCCCCCCCOC1CC2CCC1(C)C2(C)C)C(=O)O. The van der Waals surface area contributed by atoms with Gasteiger partial charge in [0.05, 0.1) is 6.10 Å². The van der Waals surface area contributed by atoms with E-state index in [1.54, 1.807) is 0 Å². The topological polar surface area (TPSA) is 46.5 Å². The molecule has 0 aliphatic heterocycles. The molecule has 3 unspecified atom stereocenters. The van der Waals surface area contributed by atoms with Crippen molar-refractivity contribution in [3.8, 4) is 0 Å². The number of rotatable bonds is 11. The number of unbranched alkanes of at least 4 members (excludes halogenated alkanes) is 5. The van der Waals surface area contributed by atoms with Crippen molar-refractivity contribution in [1.29, 1.82) is 0 Å². The lowest BCUT2D eigenvalue weighted by Gasteiger charge is -2.39. The molecular formula is C21H36O3. The van der Waals surface area contributed by atoms with Crippen LogP contribution in [0.5, 0.6) is 0 Å². The summed E-state index contributed by atoms with van der Waals surface area (Å²) in [5, 5.41) is 8.75. The van der Waals surface area contributed by atoms with Crippen molar-refractivity contribution in [2.75, 3.05) is 6.61 Å². The molecule has 24 heavy (non-hydrogen) atoms. The summed E-state index contributed by atoms with van der Waals surface area (Å²) in [5.41, 5.74) is 1.16. The molecule has 3 heteroatoms. The Morgan fingerprint density at radius 3 is 2.29 bits per heavy atom. The van der Waals surface area contributed by atoms with Gasteiger partial charge in [0, 0.05) is 12.2 Å². The summed E-state index contributed by atoms with van der Waals surface area (Å²) in [4.78, 5) is 10.6.